The fourth-order valence-corrected chi connectivity index (χ4v) is 5.14. The maximum Gasteiger partial charge on any atom is 0.407 e. The molecule has 1 fully saturated rings. The molecule has 2 aromatic carbocycles. The van der Waals surface area contributed by atoms with Gasteiger partial charge in [0.15, 0.2) is 0 Å². The lowest BCUT2D eigenvalue weighted by Gasteiger charge is -2.14. The number of carbonyl (C=O) groups is 3. The average Bonchev–Trinajstić information content (AvgIpc) is 3.34. The van der Waals surface area contributed by atoms with Crippen LogP contribution in [0.4, 0.5) is 4.79 Å². The van der Waals surface area contributed by atoms with Crippen molar-refractivity contribution in [1.82, 2.24) is 15.6 Å². The summed E-state index contributed by atoms with van der Waals surface area (Å²) in [5.41, 5.74) is 4.67. The molecule has 0 spiro atoms. The summed E-state index contributed by atoms with van der Waals surface area (Å²) in [6, 6.07) is 16.3. The number of carboxylic acids is 1. The fourth-order valence-electron chi connectivity index (χ4n) is 4.44. The highest BCUT2D eigenvalue weighted by atomic mass is 32.1. The summed E-state index contributed by atoms with van der Waals surface area (Å²) in [6.45, 7) is 0.815. The minimum atomic E-state index is -1.03. The van der Waals surface area contributed by atoms with Crippen molar-refractivity contribution in [2.45, 2.75) is 18.9 Å². The molecule has 1 heterocycles. The number of thiazole rings is 1. The molecule has 0 radical (unpaired) electrons. The molecule has 5 rings (SSSR count). The molecule has 34 heavy (non-hydrogen) atoms. The van der Waals surface area contributed by atoms with Crippen LogP contribution in [0.1, 0.15) is 38.1 Å². The molecule has 3 N–H and O–H groups in total. The first-order valence-electron chi connectivity index (χ1n) is 11.1. The number of fused-ring (bicyclic) bond motifs is 3. The lowest BCUT2D eigenvalue weighted by Crippen LogP contribution is -2.30. The monoisotopic (exact) mass is 477 g/mol. The Balaban J connectivity index is 1.06. The molecule has 9 heteroatoms. The number of hydrogen-bond donors (Lipinski definition) is 3. The summed E-state index contributed by atoms with van der Waals surface area (Å²) in [5, 5.41) is 15.0. The van der Waals surface area contributed by atoms with Gasteiger partial charge in [0.1, 0.15) is 16.5 Å². The van der Waals surface area contributed by atoms with E-state index >= 15 is 0 Å². The van der Waals surface area contributed by atoms with Gasteiger partial charge < -0.3 is 20.5 Å². The predicted octanol–water partition coefficient (Wildman–Crippen LogP) is 3.63. The van der Waals surface area contributed by atoms with Gasteiger partial charge in [-0.2, -0.15) is 0 Å². The van der Waals surface area contributed by atoms with E-state index in [0.717, 1.165) is 22.5 Å². The van der Waals surface area contributed by atoms with Crippen LogP contribution in [0, 0.1) is 11.8 Å². The van der Waals surface area contributed by atoms with E-state index in [1.165, 1.54) is 17.3 Å². The first-order valence-corrected chi connectivity index (χ1v) is 11.9. The predicted molar refractivity (Wildman–Crippen MR) is 126 cm³/mol. The second-order valence-corrected chi connectivity index (χ2v) is 9.57. The van der Waals surface area contributed by atoms with Crippen LogP contribution in [0.3, 0.4) is 0 Å². The van der Waals surface area contributed by atoms with Crippen LogP contribution < -0.4 is 10.6 Å². The Morgan fingerprint density at radius 1 is 1.03 bits per heavy atom. The van der Waals surface area contributed by atoms with E-state index in [0.29, 0.717) is 18.0 Å². The number of rotatable bonds is 8. The topological polar surface area (TPSA) is 118 Å². The van der Waals surface area contributed by atoms with Gasteiger partial charge in [0, 0.05) is 18.4 Å². The summed E-state index contributed by atoms with van der Waals surface area (Å²) < 4.78 is 5.54. The smallest absolute Gasteiger partial charge is 0.407 e. The van der Waals surface area contributed by atoms with E-state index < -0.39 is 12.1 Å². The molecule has 2 aliphatic carbocycles. The Hall–Kier alpha value is -3.72. The minimum absolute atomic E-state index is 0.00473. The van der Waals surface area contributed by atoms with Crippen molar-refractivity contribution in [1.29, 1.82) is 0 Å². The van der Waals surface area contributed by atoms with Gasteiger partial charge in [-0.05, 0) is 34.6 Å². The van der Waals surface area contributed by atoms with E-state index in [1.807, 2.05) is 24.3 Å². The van der Waals surface area contributed by atoms with Crippen molar-refractivity contribution in [2.24, 2.45) is 11.8 Å². The van der Waals surface area contributed by atoms with E-state index in [2.05, 4.69) is 39.9 Å². The highest BCUT2D eigenvalue weighted by Crippen LogP contribution is 2.44. The second kappa shape index (κ2) is 9.26. The molecule has 8 nitrogen and oxygen atoms in total. The van der Waals surface area contributed by atoms with Crippen molar-refractivity contribution >= 4 is 29.3 Å². The molecular formula is C25H23N3O5S. The summed E-state index contributed by atoms with van der Waals surface area (Å²) in [5.74, 6) is -1.26. The zero-order valence-corrected chi connectivity index (χ0v) is 19.0. The summed E-state index contributed by atoms with van der Waals surface area (Å²) in [7, 11) is 0. The lowest BCUT2D eigenvalue weighted by atomic mass is 9.98. The van der Waals surface area contributed by atoms with Crippen LogP contribution in [-0.4, -0.2) is 41.2 Å². The number of nitrogens with one attached hydrogen (secondary N) is 2. The molecule has 174 valence electrons. The fraction of sp³-hybridized carbons (Fsp3) is 0.280. The van der Waals surface area contributed by atoms with Gasteiger partial charge in [0.05, 0.1) is 12.7 Å². The van der Waals surface area contributed by atoms with Gasteiger partial charge >= 0.3 is 12.1 Å². The molecule has 0 unspecified atom stereocenters. The maximum absolute atomic E-state index is 12.3. The zero-order valence-electron chi connectivity index (χ0n) is 18.2. The van der Waals surface area contributed by atoms with Crippen LogP contribution >= 0.6 is 11.3 Å². The Morgan fingerprint density at radius 2 is 1.71 bits per heavy atom. The number of ether oxygens (including phenoxy) is 1. The zero-order chi connectivity index (χ0) is 23.7. The van der Waals surface area contributed by atoms with Gasteiger partial charge in [-0.1, -0.05) is 48.5 Å². The van der Waals surface area contributed by atoms with Crippen LogP contribution in [0.2, 0.25) is 0 Å². The number of amides is 2. The van der Waals surface area contributed by atoms with E-state index in [4.69, 9.17) is 9.84 Å². The van der Waals surface area contributed by atoms with E-state index in [-0.39, 0.29) is 41.7 Å². The maximum atomic E-state index is 12.3. The number of aromatic nitrogens is 1. The quantitative estimate of drug-likeness (QED) is 0.456. The van der Waals surface area contributed by atoms with Gasteiger partial charge in [-0.15, -0.1) is 11.3 Å². The molecule has 3 aromatic rings. The third kappa shape index (κ3) is 4.51. The molecule has 1 saturated carbocycles. The normalized spacial score (nSPS) is 18.0. The first kappa shape index (κ1) is 22.1. The van der Waals surface area contributed by atoms with Crippen LogP contribution in [-0.2, 0) is 16.1 Å². The molecule has 2 aliphatic rings. The largest absolute Gasteiger partial charge is 0.477 e. The highest BCUT2D eigenvalue weighted by molar-refractivity contribution is 7.13. The summed E-state index contributed by atoms with van der Waals surface area (Å²) in [4.78, 5) is 39.7. The number of alkyl carbamates (subject to hydrolysis) is 1. The van der Waals surface area contributed by atoms with Crippen LogP contribution in [0.25, 0.3) is 11.1 Å². The van der Waals surface area contributed by atoms with Gasteiger partial charge in [-0.3, -0.25) is 4.79 Å². The number of hydrogen-bond acceptors (Lipinski definition) is 6. The van der Waals surface area contributed by atoms with Crippen molar-refractivity contribution < 1.29 is 24.2 Å². The molecule has 0 saturated heterocycles. The number of carboxylic acid groups (broad SMARTS) is 1. The number of carbonyl (C=O) groups excluding carboxylic acids is 2. The van der Waals surface area contributed by atoms with Crippen molar-refractivity contribution in [3.05, 3.63) is 75.7 Å². The molecule has 2 amide bonds. The third-order valence-electron chi connectivity index (χ3n) is 6.29. The molecule has 1 aromatic heterocycles. The Morgan fingerprint density at radius 3 is 2.35 bits per heavy atom. The van der Waals surface area contributed by atoms with Gasteiger partial charge in [0.25, 0.3) is 0 Å². The average molecular weight is 478 g/mol. The SMILES string of the molecule is O=C(NC[C@@H]1C[C@@H]1C(=O)NCc1ncc(C(=O)O)s1)OCC1c2ccccc2-c2ccccc21. The number of aromatic carboxylic acids is 1. The lowest BCUT2D eigenvalue weighted by molar-refractivity contribution is -0.122. The molecular weight excluding hydrogens is 454 g/mol. The Labute approximate surface area is 200 Å². The van der Waals surface area contributed by atoms with Crippen molar-refractivity contribution in [3.63, 3.8) is 0 Å². The Kier molecular flexibility index (Phi) is 6.02. The Bertz CT molecular complexity index is 1210. The van der Waals surface area contributed by atoms with Crippen molar-refractivity contribution in [3.8, 4) is 11.1 Å². The summed E-state index contributed by atoms with van der Waals surface area (Å²) in [6.07, 6.45) is 1.48. The minimum Gasteiger partial charge on any atom is -0.477 e. The van der Waals surface area contributed by atoms with Crippen LogP contribution in [0.5, 0.6) is 0 Å². The molecule has 0 bridgehead atoms. The van der Waals surface area contributed by atoms with E-state index in [9.17, 15) is 14.4 Å². The standard InChI is InChI=1S/C25H23N3O5S/c29-23(27-12-22-26-11-21(34-22)24(30)31)19-9-14(19)10-28-25(32)33-13-20-17-7-3-1-5-15(17)16-6-2-4-8-18(16)20/h1-8,11,14,19-20H,9-10,12-13H2,(H,27,29)(H,28,32)(H,30,31)/t14-,19-/m0/s1. The van der Waals surface area contributed by atoms with Crippen molar-refractivity contribution in [2.75, 3.05) is 13.2 Å². The molecule has 2 atom stereocenters. The summed E-state index contributed by atoms with van der Waals surface area (Å²) >= 11 is 1.04. The van der Waals surface area contributed by atoms with Gasteiger partial charge in [0.2, 0.25) is 5.91 Å². The molecule has 0 aliphatic heterocycles. The second-order valence-electron chi connectivity index (χ2n) is 8.45. The number of nitrogens with zero attached hydrogens (tertiary/aromatic N) is 1. The van der Waals surface area contributed by atoms with Crippen LogP contribution in [0.15, 0.2) is 54.7 Å². The number of benzene rings is 2. The first-order chi connectivity index (χ1) is 16.5. The third-order valence-corrected chi connectivity index (χ3v) is 7.28. The van der Waals surface area contributed by atoms with E-state index in [1.54, 1.807) is 0 Å². The highest BCUT2D eigenvalue weighted by Gasteiger charge is 2.43. The van der Waals surface area contributed by atoms with Gasteiger partial charge in [-0.25, -0.2) is 14.6 Å².